The Kier molecular flexibility index (Phi) is 2.77. The average molecular weight is 192 g/mol. The van der Waals surface area contributed by atoms with Crippen LogP contribution < -0.4 is 5.32 Å². The third-order valence-electron chi connectivity index (χ3n) is 2.33. The van der Waals surface area contributed by atoms with Gasteiger partial charge in [-0.1, -0.05) is 18.2 Å². The summed E-state index contributed by atoms with van der Waals surface area (Å²) in [5, 5.41) is 3.17. The van der Waals surface area contributed by atoms with Gasteiger partial charge in [-0.15, -0.1) is 0 Å². The molecule has 1 aromatic rings. The molecule has 0 fully saturated rings. The van der Waals surface area contributed by atoms with Crippen LogP contribution in [0.2, 0.25) is 0 Å². The van der Waals surface area contributed by atoms with Crippen LogP contribution >= 0.6 is 0 Å². The van der Waals surface area contributed by atoms with E-state index in [2.05, 4.69) is 10.3 Å². The number of hydrogen-bond acceptors (Lipinski definition) is 2. The SMILES string of the molecule is Fc1ccccc1CCC1=NCCN1. The van der Waals surface area contributed by atoms with E-state index in [9.17, 15) is 4.39 Å². The minimum absolute atomic E-state index is 0.119. The van der Waals surface area contributed by atoms with Gasteiger partial charge in [-0.2, -0.15) is 0 Å². The van der Waals surface area contributed by atoms with Crippen molar-refractivity contribution >= 4 is 5.84 Å². The summed E-state index contributed by atoms with van der Waals surface area (Å²) in [4.78, 5) is 4.26. The predicted molar refractivity (Wildman–Crippen MR) is 55.0 cm³/mol. The maximum absolute atomic E-state index is 13.2. The first-order chi connectivity index (χ1) is 6.86. The lowest BCUT2D eigenvalue weighted by molar-refractivity contribution is 0.610. The first-order valence-corrected chi connectivity index (χ1v) is 4.87. The van der Waals surface area contributed by atoms with Crippen molar-refractivity contribution in [2.45, 2.75) is 12.8 Å². The highest BCUT2D eigenvalue weighted by Gasteiger charge is 2.06. The van der Waals surface area contributed by atoms with Crippen LogP contribution in [0.5, 0.6) is 0 Å². The van der Waals surface area contributed by atoms with Crippen molar-refractivity contribution in [3.63, 3.8) is 0 Å². The van der Waals surface area contributed by atoms with E-state index in [-0.39, 0.29) is 5.82 Å². The number of aryl methyl sites for hydroxylation is 1. The first kappa shape index (κ1) is 9.19. The standard InChI is InChI=1S/C11H13FN2/c12-10-4-2-1-3-9(10)5-6-11-13-7-8-14-11/h1-4H,5-8H2,(H,13,14). The molecule has 0 amide bonds. The largest absolute Gasteiger partial charge is 0.372 e. The van der Waals surface area contributed by atoms with Gasteiger partial charge >= 0.3 is 0 Å². The molecule has 0 saturated heterocycles. The van der Waals surface area contributed by atoms with Gasteiger partial charge < -0.3 is 5.32 Å². The zero-order valence-corrected chi connectivity index (χ0v) is 7.96. The highest BCUT2D eigenvalue weighted by Crippen LogP contribution is 2.09. The van der Waals surface area contributed by atoms with E-state index >= 15 is 0 Å². The maximum atomic E-state index is 13.2. The van der Waals surface area contributed by atoms with E-state index in [1.165, 1.54) is 6.07 Å². The minimum atomic E-state index is -0.119. The number of halogens is 1. The molecule has 0 radical (unpaired) electrons. The summed E-state index contributed by atoms with van der Waals surface area (Å²) >= 11 is 0. The second-order valence-electron chi connectivity index (χ2n) is 3.35. The molecular weight excluding hydrogens is 179 g/mol. The van der Waals surface area contributed by atoms with Crippen molar-refractivity contribution in [2.24, 2.45) is 4.99 Å². The molecular formula is C11H13FN2. The molecule has 0 aliphatic carbocycles. The topological polar surface area (TPSA) is 24.4 Å². The summed E-state index contributed by atoms with van der Waals surface area (Å²) in [5.41, 5.74) is 0.768. The molecule has 3 heteroatoms. The molecule has 1 aliphatic heterocycles. The van der Waals surface area contributed by atoms with E-state index in [1.807, 2.05) is 12.1 Å². The number of rotatable bonds is 3. The van der Waals surface area contributed by atoms with E-state index in [0.29, 0.717) is 0 Å². The second-order valence-corrected chi connectivity index (χ2v) is 3.35. The van der Waals surface area contributed by atoms with Crippen LogP contribution in [0.4, 0.5) is 4.39 Å². The number of amidine groups is 1. The van der Waals surface area contributed by atoms with Gasteiger partial charge in [-0.3, -0.25) is 4.99 Å². The van der Waals surface area contributed by atoms with Gasteiger partial charge in [0, 0.05) is 13.0 Å². The summed E-state index contributed by atoms with van der Waals surface area (Å²) in [6, 6.07) is 6.90. The van der Waals surface area contributed by atoms with Crippen molar-refractivity contribution in [1.82, 2.24) is 5.32 Å². The zero-order chi connectivity index (χ0) is 9.80. The maximum Gasteiger partial charge on any atom is 0.126 e. The van der Waals surface area contributed by atoms with Gasteiger partial charge in [-0.25, -0.2) is 4.39 Å². The third-order valence-corrected chi connectivity index (χ3v) is 2.33. The van der Waals surface area contributed by atoms with Gasteiger partial charge in [0.1, 0.15) is 5.82 Å². The van der Waals surface area contributed by atoms with Crippen LogP contribution in [0.1, 0.15) is 12.0 Å². The van der Waals surface area contributed by atoms with E-state index < -0.39 is 0 Å². The molecule has 74 valence electrons. The van der Waals surface area contributed by atoms with E-state index in [0.717, 1.165) is 37.3 Å². The van der Waals surface area contributed by atoms with Crippen LogP contribution in [0.3, 0.4) is 0 Å². The van der Waals surface area contributed by atoms with Crippen molar-refractivity contribution in [1.29, 1.82) is 0 Å². The lowest BCUT2D eigenvalue weighted by Crippen LogP contribution is -2.18. The summed E-state index contributed by atoms with van der Waals surface area (Å²) in [6.45, 7) is 1.78. The van der Waals surface area contributed by atoms with E-state index in [1.54, 1.807) is 6.07 Å². The third kappa shape index (κ3) is 2.10. The highest BCUT2D eigenvalue weighted by atomic mass is 19.1. The molecule has 1 N–H and O–H groups in total. The minimum Gasteiger partial charge on any atom is -0.372 e. The Balaban J connectivity index is 1.94. The van der Waals surface area contributed by atoms with Gasteiger partial charge in [-0.05, 0) is 18.1 Å². The Hall–Kier alpha value is -1.38. The van der Waals surface area contributed by atoms with E-state index in [4.69, 9.17) is 0 Å². The van der Waals surface area contributed by atoms with Gasteiger partial charge in [0.05, 0.1) is 12.4 Å². The van der Waals surface area contributed by atoms with Gasteiger partial charge in [0.15, 0.2) is 0 Å². The van der Waals surface area contributed by atoms with Gasteiger partial charge in [0.25, 0.3) is 0 Å². The second kappa shape index (κ2) is 4.22. The molecule has 1 heterocycles. The quantitative estimate of drug-likeness (QED) is 0.775. The molecule has 0 spiro atoms. The summed E-state index contributed by atoms with van der Waals surface area (Å²) in [5.74, 6) is 0.888. The molecule has 0 saturated carbocycles. The first-order valence-electron chi connectivity index (χ1n) is 4.87. The molecule has 0 bridgehead atoms. The summed E-state index contributed by atoms with van der Waals surface area (Å²) in [7, 11) is 0. The number of hydrogen-bond donors (Lipinski definition) is 1. The fraction of sp³-hybridized carbons (Fsp3) is 0.364. The van der Waals surface area contributed by atoms with Crippen LogP contribution in [0.25, 0.3) is 0 Å². The predicted octanol–water partition coefficient (Wildman–Crippen LogP) is 1.76. The molecule has 0 atom stereocenters. The Morgan fingerprint density at radius 1 is 1.29 bits per heavy atom. The summed E-state index contributed by atoms with van der Waals surface area (Å²) in [6.07, 6.45) is 1.53. The smallest absolute Gasteiger partial charge is 0.126 e. The lowest BCUT2D eigenvalue weighted by Gasteiger charge is -2.03. The van der Waals surface area contributed by atoms with Crippen LogP contribution in [0.15, 0.2) is 29.3 Å². The zero-order valence-electron chi connectivity index (χ0n) is 7.96. The van der Waals surface area contributed by atoms with Crippen molar-refractivity contribution < 1.29 is 4.39 Å². The Morgan fingerprint density at radius 2 is 2.14 bits per heavy atom. The van der Waals surface area contributed by atoms with Crippen molar-refractivity contribution in [3.05, 3.63) is 35.6 Å². The molecule has 1 aliphatic rings. The monoisotopic (exact) mass is 192 g/mol. The Bertz CT molecular complexity index is 347. The fourth-order valence-corrected chi connectivity index (χ4v) is 1.57. The fourth-order valence-electron chi connectivity index (χ4n) is 1.57. The van der Waals surface area contributed by atoms with Crippen LogP contribution in [0, 0.1) is 5.82 Å². The molecule has 1 aromatic carbocycles. The highest BCUT2D eigenvalue weighted by molar-refractivity contribution is 5.83. The average Bonchev–Trinajstić information content (AvgIpc) is 2.69. The van der Waals surface area contributed by atoms with Crippen LogP contribution in [-0.4, -0.2) is 18.9 Å². The molecule has 0 aromatic heterocycles. The number of benzene rings is 1. The summed E-state index contributed by atoms with van der Waals surface area (Å²) < 4.78 is 13.2. The van der Waals surface area contributed by atoms with Gasteiger partial charge in [0.2, 0.25) is 0 Å². The number of aliphatic imine (C=N–C) groups is 1. The Labute approximate surface area is 82.9 Å². The van der Waals surface area contributed by atoms with Crippen molar-refractivity contribution in [3.8, 4) is 0 Å². The molecule has 2 nitrogen and oxygen atoms in total. The lowest BCUT2D eigenvalue weighted by atomic mass is 10.1. The molecule has 14 heavy (non-hydrogen) atoms. The molecule has 2 rings (SSSR count). The van der Waals surface area contributed by atoms with Crippen molar-refractivity contribution in [2.75, 3.05) is 13.1 Å². The number of nitrogens with one attached hydrogen (secondary N) is 1. The Morgan fingerprint density at radius 3 is 2.86 bits per heavy atom. The normalized spacial score (nSPS) is 15.1. The number of nitrogens with zero attached hydrogens (tertiary/aromatic N) is 1. The van der Waals surface area contributed by atoms with Crippen LogP contribution in [-0.2, 0) is 6.42 Å². The molecule has 0 unspecified atom stereocenters.